The third-order valence-electron chi connectivity index (χ3n) is 12.5. The van der Waals surface area contributed by atoms with Gasteiger partial charge in [-0.25, -0.2) is 0 Å². The predicted octanol–water partition coefficient (Wildman–Crippen LogP) is 15.6. The van der Waals surface area contributed by atoms with Gasteiger partial charge in [0.25, 0.3) is 0 Å². The van der Waals surface area contributed by atoms with E-state index in [-0.39, 0.29) is 6.04 Å². The van der Waals surface area contributed by atoms with E-state index >= 15 is 0 Å². The van der Waals surface area contributed by atoms with Crippen molar-refractivity contribution in [3.63, 3.8) is 0 Å². The molecule has 0 bridgehead atoms. The van der Waals surface area contributed by atoms with Crippen LogP contribution >= 0.6 is 22.7 Å². The van der Waals surface area contributed by atoms with Crippen LogP contribution in [0.25, 0.3) is 90.1 Å². The summed E-state index contributed by atoms with van der Waals surface area (Å²) in [5, 5.41) is 7.87. The Hall–Kier alpha value is -6.72. The molecule has 0 fully saturated rings. The van der Waals surface area contributed by atoms with Crippen LogP contribution < -0.4 is 4.90 Å². The molecule has 0 amide bonds. The molecule has 1 aliphatic heterocycles. The molecule has 11 aromatic rings. The van der Waals surface area contributed by atoms with E-state index in [0.717, 1.165) is 6.42 Å². The first-order valence-electron chi connectivity index (χ1n) is 20.0. The van der Waals surface area contributed by atoms with Crippen LogP contribution in [-0.4, -0.2) is 10.6 Å². The lowest BCUT2D eigenvalue weighted by Crippen LogP contribution is -2.28. The zero-order valence-corrected chi connectivity index (χ0v) is 33.0. The second-order valence-corrected chi connectivity index (χ2v) is 17.7. The van der Waals surface area contributed by atoms with Gasteiger partial charge in [-0.2, -0.15) is 0 Å². The van der Waals surface area contributed by atoms with E-state index in [1.165, 1.54) is 113 Å². The van der Waals surface area contributed by atoms with Crippen molar-refractivity contribution in [1.29, 1.82) is 0 Å². The van der Waals surface area contributed by atoms with Gasteiger partial charge in [0.15, 0.2) is 0 Å². The highest BCUT2D eigenvalue weighted by Crippen LogP contribution is 2.51. The molecular weight excluding hydrogens is 741 g/mol. The lowest BCUT2D eigenvalue weighted by Gasteiger charge is -2.31. The summed E-state index contributed by atoms with van der Waals surface area (Å²) in [6, 6.07) is 65.5. The van der Waals surface area contributed by atoms with Crippen molar-refractivity contribution in [1.82, 2.24) is 4.57 Å². The Morgan fingerprint density at radius 3 is 1.90 bits per heavy atom. The van der Waals surface area contributed by atoms with Crippen molar-refractivity contribution >= 4 is 107 Å². The van der Waals surface area contributed by atoms with Gasteiger partial charge >= 0.3 is 0 Å². The Labute approximate surface area is 343 Å². The number of aromatic nitrogens is 1. The Kier molecular flexibility index (Phi) is 6.91. The van der Waals surface area contributed by atoms with E-state index in [1.54, 1.807) is 0 Å². The van der Waals surface area contributed by atoms with E-state index in [4.69, 9.17) is 0 Å². The van der Waals surface area contributed by atoms with Crippen LogP contribution in [0.15, 0.2) is 188 Å². The number of nitrogens with zero attached hydrogens (tertiary/aromatic N) is 2. The molecule has 13 rings (SSSR count). The fourth-order valence-electron chi connectivity index (χ4n) is 10.1. The molecule has 1 atom stereocenters. The monoisotopic (exact) mass is 774 g/mol. The zero-order chi connectivity index (χ0) is 37.9. The van der Waals surface area contributed by atoms with Gasteiger partial charge in [-0.3, -0.25) is 0 Å². The summed E-state index contributed by atoms with van der Waals surface area (Å²) in [5.41, 5.74) is 14.2. The first-order valence-corrected chi connectivity index (χ1v) is 21.6. The summed E-state index contributed by atoms with van der Waals surface area (Å²) in [5.74, 6) is 0. The molecule has 0 saturated carbocycles. The predicted molar refractivity (Wildman–Crippen MR) is 251 cm³/mol. The summed E-state index contributed by atoms with van der Waals surface area (Å²) in [4.78, 5) is 2.55. The highest BCUT2D eigenvalue weighted by Gasteiger charge is 2.37. The average molecular weight is 775 g/mol. The van der Waals surface area contributed by atoms with Crippen LogP contribution in [-0.2, 0) is 0 Å². The molecule has 3 aromatic heterocycles. The number of thiophene rings is 2. The number of para-hydroxylation sites is 3. The minimum Gasteiger partial charge on any atom is -0.333 e. The molecule has 1 unspecified atom stereocenters. The van der Waals surface area contributed by atoms with Gasteiger partial charge in [-0.05, 0) is 77.7 Å². The van der Waals surface area contributed by atoms with Crippen molar-refractivity contribution in [3.8, 4) is 16.8 Å². The maximum Gasteiger partial charge on any atom is 0.0638 e. The second-order valence-electron chi connectivity index (χ2n) is 15.6. The summed E-state index contributed by atoms with van der Waals surface area (Å²) in [6.45, 7) is 0. The summed E-state index contributed by atoms with van der Waals surface area (Å²) >= 11 is 3.82. The van der Waals surface area contributed by atoms with Gasteiger partial charge in [-0.15, -0.1) is 22.7 Å². The Bertz CT molecular complexity index is 3560. The van der Waals surface area contributed by atoms with Gasteiger partial charge in [0.1, 0.15) is 0 Å². The second kappa shape index (κ2) is 12.4. The minimum absolute atomic E-state index is 0.219. The number of rotatable bonds is 4. The van der Waals surface area contributed by atoms with Gasteiger partial charge in [-0.1, -0.05) is 133 Å². The molecule has 272 valence electrons. The average Bonchev–Trinajstić information content (AvgIpc) is 4.04. The maximum atomic E-state index is 2.55. The lowest BCUT2D eigenvalue weighted by molar-refractivity contribution is 0.841. The normalized spacial score (nSPS) is 15.2. The molecular formula is C54H34N2S2. The first kappa shape index (κ1) is 32.4. The molecule has 4 heterocycles. The fourth-order valence-corrected chi connectivity index (χ4v) is 12.5. The van der Waals surface area contributed by atoms with Crippen LogP contribution in [0.1, 0.15) is 17.5 Å². The molecule has 0 saturated heterocycles. The van der Waals surface area contributed by atoms with E-state index in [9.17, 15) is 0 Å². The lowest BCUT2D eigenvalue weighted by atomic mass is 9.86. The Balaban J connectivity index is 1.04. The Morgan fingerprint density at radius 2 is 1.05 bits per heavy atom. The molecule has 0 spiro atoms. The quantitative estimate of drug-likeness (QED) is 0.173. The van der Waals surface area contributed by atoms with E-state index in [1.807, 2.05) is 22.7 Å². The van der Waals surface area contributed by atoms with Crippen LogP contribution in [0.4, 0.5) is 11.4 Å². The molecule has 4 heteroatoms. The molecule has 8 aromatic carbocycles. The molecule has 1 aliphatic carbocycles. The summed E-state index contributed by atoms with van der Waals surface area (Å²) in [7, 11) is 0. The van der Waals surface area contributed by atoms with Crippen LogP contribution in [0.2, 0.25) is 0 Å². The van der Waals surface area contributed by atoms with Crippen LogP contribution in [0.3, 0.4) is 0 Å². The van der Waals surface area contributed by atoms with Crippen molar-refractivity contribution < 1.29 is 0 Å². The summed E-state index contributed by atoms with van der Waals surface area (Å²) in [6.07, 6.45) is 5.70. The Morgan fingerprint density at radius 1 is 0.431 bits per heavy atom. The van der Waals surface area contributed by atoms with E-state index in [2.05, 4.69) is 198 Å². The van der Waals surface area contributed by atoms with Gasteiger partial charge in [0, 0.05) is 84.9 Å². The van der Waals surface area contributed by atoms with E-state index in [0.29, 0.717) is 0 Å². The highest BCUT2D eigenvalue weighted by atomic mass is 32.1. The number of hydrogen-bond donors (Lipinski definition) is 0. The molecule has 2 nitrogen and oxygen atoms in total. The minimum atomic E-state index is 0.219. The number of hydrogen-bond acceptors (Lipinski definition) is 3. The maximum absolute atomic E-state index is 2.55. The molecule has 58 heavy (non-hydrogen) atoms. The van der Waals surface area contributed by atoms with Crippen molar-refractivity contribution in [2.45, 2.75) is 12.5 Å². The number of allylic oxidation sites excluding steroid dienone is 2. The van der Waals surface area contributed by atoms with Crippen molar-refractivity contribution in [3.05, 3.63) is 199 Å². The highest BCUT2D eigenvalue weighted by molar-refractivity contribution is 7.27. The van der Waals surface area contributed by atoms with Crippen LogP contribution in [0.5, 0.6) is 0 Å². The third kappa shape index (κ3) is 4.59. The number of benzene rings is 8. The zero-order valence-electron chi connectivity index (χ0n) is 31.4. The van der Waals surface area contributed by atoms with Gasteiger partial charge in [0.05, 0.1) is 17.1 Å². The molecule has 0 radical (unpaired) electrons. The first-order chi connectivity index (χ1) is 28.8. The standard InChI is InChI=1S/C54H34N2S2/c1-2-14-34(15-3-1)55-46-23-8-4-16-37(46)38-29-28-33(30-49(38)55)36-20-13-25-48-52(36)43-19-5-9-24-47(43)56(48)35-31-44-40-18-7-11-27-51(40)58-54(44)45(32-35)42-22-12-21-41-39-17-6-10-26-50(39)57-53(41)42/h1-29,31-32,49H,30H2. The molecule has 0 N–H and O–H groups in total. The van der Waals surface area contributed by atoms with Gasteiger partial charge in [0.2, 0.25) is 0 Å². The number of fused-ring (bicyclic) bond motifs is 12. The largest absolute Gasteiger partial charge is 0.333 e. The fraction of sp³-hybridized carbons (Fsp3) is 0.0370. The molecule has 2 aliphatic rings. The van der Waals surface area contributed by atoms with Crippen molar-refractivity contribution in [2.75, 3.05) is 4.90 Å². The van der Waals surface area contributed by atoms with Crippen molar-refractivity contribution in [2.24, 2.45) is 0 Å². The van der Waals surface area contributed by atoms with Gasteiger partial charge < -0.3 is 9.47 Å². The third-order valence-corrected chi connectivity index (χ3v) is 15.0. The topological polar surface area (TPSA) is 8.17 Å². The SMILES string of the molecule is C1=C(c2cccc3c2c2ccccc2n3-c2cc(-c3cccc4c3sc3ccccc34)c3sc4ccccc4c3c2)CC2C(=C1)c1ccccc1N2c1ccccc1. The van der Waals surface area contributed by atoms with Crippen LogP contribution in [0, 0.1) is 0 Å². The van der Waals surface area contributed by atoms with E-state index < -0.39 is 0 Å². The smallest absolute Gasteiger partial charge is 0.0638 e. The summed E-state index contributed by atoms with van der Waals surface area (Å²) < 4.78 is 7.86. The number of anilines is 2.